The molecule has 0 aromatic heterocycles. The number of ether oxygens (including phenoxy) is 3. The van der Waals surface area contributed by atoms with Gasteiger partial charge in [-0.05, 0) is 60.4 Å². The average Bonchev–Trinajstić information content (AvgIpc) is 3.35. The summed E-state index contributed by atoms with van der Waals surface area (Å²) in [4.78, 5) is 32.1. The highest BCUT2D eigenvalue weighted by Gasteiger charge is 2.18. The van der Waals surface area contributed by atoms with Gasteiger partial charge in [0.2, 0.25) is 0 Å². The average molecular weight is 469 g/mol. The number of cyclic esters (lactones) is 3. The second-order valence-electron chi connectivity index (χ2n) is 4.90. The van der Waals surface area contributed by atoms with Crippen LogP contribution in [0, 0.1) is 0 Å². The molecule has 3 aliphatic heterocycles. The molecule has 3 aliphatic rings. The third kappa shape index (κ3) is 13.2. The number of hydrogen-bond donors (Lipinski definition) is 2. The van der Waals surface area contributed by atoms with Crippen LogP contribution in [0.1, 0.15) is 6.92 Å². The third-order valence-electron chi connectivity index (χ3n) is 2.61. The summed E-state index contributed by atoms with van der Waals surface area (Å²) >= 11 is 11.9. The molecule has 0 aliphatic carbocycles. The van der Waals surface area contributed by atoms with E-state index < -0.39 is 0 Å². The summed E-state index contributed by atoms with van der Waals surface area (Å²) in [6, 6.07) is 7.66. The first-order valence-electron chi connectivity index (χ1n) is 7.77. The lowest BCUT2D eigenvalue weighted by Crippen LogP contribution is -2.01. The van der Waals surface area contributed by atoms with Crippen molar-refractivity contribution in [2.75, 3.05) is 30.5 Å². The van der Waals surface area contributed by atoms with E-state index in [-0.39, 0.29) is 22.0 Å². The number of benzene rings is 1. The van der Waals surface area contributed by atoms with Crippen molar-refractivity contribution in [3.63, 3.8) is 0 Å². The van der Waals surface area contributed by atoms with E-state index in [0.29, 0.717) is 13.2 Å². The van der Waals surface area contributed by atoms with Crippen molar-refractivity contribution in [3.8, 4) is 0 Å². The van der Waals surface area contributed by atoms with E-state index in [1.54, 1.807) is 0 Å². The van der Waals surface area contributed by atoms with Crippen molar-refractivity contribution in [3.05, 3.63) is 24.3 Å². The summed E-state index contributed by atoms with van der Waals surface area (Å²) in [6.07, 6.45) is 0.137. The Kier molecular flexibility index (Phi) is 13.0. The maximum atomic E-state index is 10.2. The van der Waals surface area contributed by atoms with Crippen LogP contribution in [-0.2, 0) is 14.2 Å². The van der Waals surface area contributed by atoms with Crippen LogP contribution in [-0.4, -0.2) is 52.5 Å². The third-order valence-corrected chi connectivity index (χ3v) is 5.58. The van der Waals surface area contributed by atoms with Crippen LogP contribution >= 0.6 is 60.5 Å². The Hall–Kier alpha value is -0.620. The van der Waals surface area contributed by atoms with Crippen LogP contribution in [0.4, 0.5) is 14.4 Å². The monoisotopic (exact) mass is 468 g/mol. The molecule has 150 valence electrons. The molecular formula is C16H20O6S5. The number of hydrogen-bond acceptors (Lipinski definition) is 11. The van der Waals surface area contributed by atoms with E-state index >= 15 is 0 Å². The fraction of sp³-hybridized carbons (Fsp3) is 0.438. The van der Waals surface area contributed by atoms with Crippen LogP contribution in [0.2, 0.25) is 0 Å². The zero-order chi connectivity index (χ0) is 20.1. The molecule has 0 saturated carbocycles. The van der Waals surface area contributed by atoms with Gasteiger partial charge in [-0.3, -0.25) is 0 Å². The Morgan fingerprint density at radius 3 is 1.56 bits per heavy atom. The molecule has 0 N–H and O–H groups in total. The van der Waals surface area contributed by atoms with Gasteiger partial charge in [0.1, 0.15) is 19.3 Å². The van der Waals surface area contributed by atoms with Crippen LogP contribution in [0.15, 0.2) is 34.1 Å². The normalized spacial score (nSPS) is 20.0. The molecule has 27 heavy (non-hydrogen) atoms. The van der Waals surface area contributed by atoms with E-state index in [2.05, 4.69) is 39.5 Å². The molecular weight excluding hydrogens is 449 g/mol. The molecule has 3 saturated heterocycles. The molecule has 0 bridgehead atoms. The molecule has 1 aromatic carbocycles. The van der Waals surface area contributed by atoms with Gasteiger partial charge in [-0.2, -0.15) is 0 Å². The molecule has 0 spiro atoms. The first-order valence-corrected chi connectivity index (χ1v) is 11.6. The highest BCUT2D eigenvalue weighted by Crippen LogP contribution is 2.18. The first-order chi connectivity index (χ1) is 12.9. The Morgan fingerprint density at radius 2 is 1.41 bits per heavy atom. The van der Waals surface area contributed by atoms with Crippen LogP contribution in [0.5, 0.6) is 0 Å². The fourth-order valence-corrected chi connectivity index (χ4v) is 3.72. The minimum atomic E-state index is -0.132. The van der Waals surface area contributed by atoms with E-state index in [9.17, 15) is 14.4 Å². The Labute approximate surface area is 182 Å². The van der Waals surface area contributed by atoms with Gasteiger partial charge in [0.05, 0.1) is 0 Å². The largest absolute Gasteiger partial charge is 0.457 e. The molecule has 3 fully saturated rings. The van der Waals surface area contributed by atoms with Crippen molar-refractivity contribution in [2.24, 2.45) is 0 Å². The molecule has 1 unspecified atom stereocenters. The highest BCUT2D eigenvalue weighted by molar-refractivity contribution is 8.14. The predicted molar refractivity (Wildman–Crippen MR) is 117 cm³/mol. The van der Waals surface area contributed by atoms with Crippen LogP contribution in [0.25, 0.3) is 0 Å². The number of carbonyl (C=O) groups is 3. The van der Waals surface area contributed by atoms with Gasteiger partial charge < -0.3 is 14.2 Å². The predicted octanol–water partition coefficient (Wildman–Crippen LogP) is 5.26. The number of thioether (sulfide) groups is 3. The van der Waals surface area contributed by atoms with E-state index in [0.717, 1.165) is 27.0 Å². The molecule has 11 heteroatoms. The quantitative estimate of drug-likeness (QED) is 0.301. The smallest absolute Gasteiger partial charge is 0.367 e. The lowest BCUT2D eigenvalue weighted by atomic mass is 10.4. The lowest BCUT2D eigenvalue weighted by molar-refractivity contribution is 0.153. The standard InChI is InChI=1S/C6H6S2.C4H6O2S.2C3H4O2S/c7-5-2-1-3-6(8)4-5;1-3-2-7-4(5)6-3;2*4-3-5-1-2-6-3/h1-4,7-8H;3H,2H2,1H3;2*1-2H2. The van der Waals surface area contributed by atoms with Crippen molar-refractivity contribution in [1.29, 1.82) is 0 Å². The van der Waals surface area contributed by atoms with Gasteiger partial charge >= 0.3 is 15.9 Å². The van der Waals surface area contributed by atoms with E-state index in [1.807, 2.05) is 31.2 Å². The van der Waals surface area contributed by atoms with Gasteiger partial charge in [-0.15, -0.1) is 25.3 Å². The topological polar surface area (TPSA) is 78.9 Å². The lowest BCUT2D eigenvalue weighted by Gasteiger charge is -1.93. The minimum absolute atomic E-state index is 0.130. The SMILES string of the molecule is CC1CSC(=O)O1.O=C1OCCS1.O=C1OCCS1.Sc1cccc(S)c1. The maximum absolute atomic E-state index is 10.2. The van der Waals surface area contributed by atoms with Crippen LogP contribution < -0.4 is 0 Å². The van der Waals surface area contributed by atoms with Crippen molar-refractivity contribution in [2.45, 2.75) is 22.8 Å². The summed E-state index contributed by atoms with van der Waals surface area (Å²) < 4.78 is 13.6. The summed E-state index contributed by atoms with van der Waals surface area (Å²) in [5.41, 5.74) is 0. The molecule has 0 radical (unpaired) electrons. The second kappa shape index (κ2) is 14.4. The zero-order valence-electron chi connectivity index (χ0n) is 14.5. The zero-order valence-corrected chi connectivity index (χ0v) is 18.7. The summed E-state index contributed by atoms with van der Waals surface area (Å²) in [7, 11) is 0. The Morgan fingerprint density at radius 1 is 0.889 bits per heavy atom. The fourth-order valence-electron chi connectivity index (χ4n) is 1.49. The Balaban J connectivity index is 0.000000181. The van der Waals surface area contributed by atoms with E-state index in [1.165, 1.54) is 35.3 Å². The summed E-state index contributed by atoms with van der Waals surface area (Å²) in [5, 5.41) is -0.391. The van der Waals surface area contributed by atoms with Gasteiger partial charge in [-0.1, -0.05) is 6.07 Å². The van der Waals surface area contributed by atoms with Gasteiger partial charge in [0, 0.05) is 27.0 Å². The van der Waals surface area contributed by atoms with Gasteiger partial charge in [0.25, 0.3) is 0 Å². The van der Waals surface area contributed by atoms with Gasteiger partial charge in [-0.25, -0.2) is 14.4 Å². The second-order valence-corrected chi connectivity index (χ2v) is 8.95. The number of thiol groups is 2. The number of carbonyl (C=O) groups excluding carboxylic acids is 3. The first kappa shape index (κ1) is 24.4. The van der Waals surface area contributed by atoms with E-state index in [4.69, 9.17) is 0 Å². The molecule has 6 nitrogen and oxygen atoms in total. The molecule has 0 amide bonds. The van der Waals surface area contributed by atoms with Crippen LogP contribution in [0.3, 0.4) is 0 Å². The summed E-state index contributed by atoms with van der Waals surface area (Å²) in [6.45, 7) is 3.09. The molecule has 1 atom stereocenters. The highest BCUT2D eigenvalue weighted by atomic mass is 32.2. The molecule has 3 heterocycles. The molecule has 1 aromatic rings. The van der Waals surface area contributed by atoms with Gasteiger partial charge in [0.15, 0.2) is 0 Å². The van der Waals surface area contributed by atoms with Crippen molar-refractivity contribution < 1.29 is 28.6 Å². The maximum Gasteiger partial charge on any atom is 0.367 e. The van der Waals surface area contributed by atoms with Crippen molar-refractivity contribution in [1.82, 2.24) is 0 Å². The summed E-state index contributed by atoms with van der Waals surface area (Å²) in [5.74, 6) is 2.48. The Bertz CT molecular complexity index is 574. The number of rotatable bonds is 0. The van der Waals surface area contributed by atoms with Crippen molar-refractivity contribution >= 4 is 76.4 Å². The minimum Gasteiger partial charge on any atom is -0.457 e. The molecule has 4 rings (SSSR count).